The maximum absolute atomic E-state index is 10.3. The van der Waals surface area contributed by atoms with Crippen LogP contribution in [0.2, 0.25) is 0 Å². The molecule has 0 aromatic carbocycles. The Morgan fingerprint density at radius 3 is 3.00 bits per heavy atom. The van der Waals surface area contributed by atoms with Gasteiger partial charge in [-0.3, -0.25) is 4.79 Å². The van der Waals surface area contributed by atoms with Crippen molar-refractivity contribution in [2.75, 3.05) is 0 Å². The summed E-state index contributed by atoms with van der Waals surface area (Å²) in [5, 5.41) is 7.60. The highest BCUT2D eigenvalue weighted by atomic mass is 35.5. The van der Waals surface area contributed by atoms with Crippen molar-refractivity contribution in [2.24, 2.45) is 0 Å². The molecule has 1 atom stereocenters. The molecule has 0 spiro atoms. The number of hydrogen-bond donors (Lipinski definition) is 2. The number of aryl methyl sites for hydroxylation is 1. The standard InChI is InChI=1S/C7H9ClN2O2/c1-4-9-3-5(10-4)2-6(8)7(11)12/h3,6H,2H2,1H3,(H,9,10)(H,11,12). The van der Waals surface area contributed by atoms with Crippen LogP contribution in [-0.4, -0.2) is 26.4 Å². The Labute approximate surface area is 74.6 Å². The van der Waals surface area contributed by atoms with Crippen LogP contribution >= 0.6 is 11.6 Å². The molecular formula is C7H9ClN2O2. The summed E-state index contributed by atoms with van der Waals surface area (Å²) < 4.78 is 0. The molecule has 5 heteroatoms. The van der Waals surface area contributed by atoms with E-state index < -0.39 is 11.3 Å². The fraction of sp³-hybridized carbons (Fsp3) is 0.429. The minimum absolute atomic E-state index is 0.276. The van der Waals surface area contributed by atoms with E-state index in [4.69, 9.17) is 16.7 Å². The van der Waals surface area contributed by atoms with Crippen LogP contribution in [0.5, 0.6) is 0 Å². The molecule has 0 aliphatic carbocycles. The molecule has 0 radical (unpaired) electrons. The lowest BCUT2D eigenvalue weighted by molar-refractivity contribution is -0.136. The van der Waals surface area contributed by atoms with Crippen LogP contribution < -0.4 is 0 Å². The Morgan fingerprint density at radius 2 is 2.58 bits per heavy atom. The van der Waals surface area contributed by atoms with E-state index in [1.165, 1.54) is 0 Å². The Hall–Kier alpha value is -1.03. The van der Waals surface area contributed by atoms with E-state index in [0.717, 1.165) is 11.5 Å². The number of hydrogen-bond acceptors (Lipinski definition) is 2. The zero-order valence-electron chi connectivity index (χ0n) is 6.54. The second-order valence-corrected chi connectivity index (χ2v) is 3.03. The fourth-order valence-electron chi connectivity index (χ4n) is 0.856. The molecule has 0 aliphatic heterocycles. The van der Waals surface area contributed by atoms with Gasteiger partial charge < -0.3 is 10.1 Å². The predicted octanol–water partition coefficient (Wildman–Crippen LogP) is 0.953. The largest absolute Gasteiger partial charge is 0.480 e. The van der Waals surface area contributed by atoms with Crippen molar-refractivity contribution in [1.82, 2.24) is 9.97 Å². The number of halogens is 1. The van der Waals surface area contributed by atoms with Gasteiger partial charge in [0, 0.05) is 18.3 Å². The molecule has 1 aromatic rings. The molecule has 2 N–H and O–H groups in total. The summed E-state index contributed by atoms with van der Waals surface area (Å²) in [6.07, 6.45) is 1.87. The van der Waals surface area contributed by atoms with E-state index in [1.807, 2.05) is 0 Å². The second kappa shape index (κ2) is 3.58. The number of nitrogens with one attached hydrogen (secondary N) is 1. The van der Waals surface area contributed by atoms with E-state index in [-0.39, 0.29) is 6.42 Å². The van der Waals surface area contributed by atoms with Gasteiger partial charge in [-0.15, -0.1) is 11.6 Å². The number of nitrogens with zero attached hydrogens (tertiary/aromatic N) is 1. The Bertz CT molecular complexity index is 285. The first-order chi connectivity index (χ1) is 5.59. The zero-order valence-corrected chi connectivity index (χ0v) is 7.30. The topological polar surface area (TPSA) is 66.0 Å². The SMILES string of the molecule is Cc1ncc(CC(Cl)C(=O)O)[nH]1. The molecule has 0 saturated carbocycles. The van der Waals surface area contributed by atoms with Gasteiger partial charge in [-0.25, -0.2) is 4.98 Å². The van der Waals surface area contributed by atoms with Crippen LogP contribution in [0.25, 0.3) is 0 Å². The van der Waals surface area contributed by atoms with Crippen LogP contribution in [0, 0.1) is 6.92 Å². The highest BCUT2D eigenvalue weighted by molar-refractivity contribution is 6.29. The van der Waals surface area contributed by atoms with Crippen molar-refractivity contribution in [3.8, 4) is 0 Å². The Kier molecular flexibility index (Phi) is 2.70. The van der Waals surface area contributed by atoms with Crippen LogP contribution in [-0.2, 0) is 11.2 Å². The molecule has 1 aromatic heterocycles. The lowest BCUT2D eigenvalue weighted by atomic mass is 10.2. The minimum Gasteiger partial charge on any atom is -0.480 e. The summed E-state index contributed by atoms with van der Waals surface area (Å²) in [6.45, 7) is 1.80. The molecule has 0 bridgehead atoms. The first-order valence-electron chi connectivity index (χ1n) is 3.47. The number of H-pyrrole nitrogens is 1. The average Bonchev–Trinajstić information content (AvgIpc) is 2.35. The van der Waals surface area contributed by atoms with Gasteiger partial charge >= 0.3 is 5.97 Å². The summed E-state index contributed by atoms with van der Waals surface area (Å²) >= 11 is 5.51. The van der Waals surface area contributed by atoms with Crippen molar-refractivity contribution in [1.29, 1.82) is 0 Å². The summed E-state index contributed by atoms with van der Waals surface area (Å²) in [5.41, 5.74) is 0.745. The Morgan fingerprint density at radius 1 is 1.92 bits per heavy atom. The molecule has 1 rings (SSSR count). The van der Waals surface area contributed by atoms with E-state index in [0.29, 0.717) is 0 Å². The first-order valence-corrected chi connectivity index (χ1v) is 3.90. The van der Waals surface area contributed by atoms with Gasteiger partial charge in [0.05, 0.1) is 0 Å². The number of carboxylic acids is 1. The quantitative estimate of drug-likeness (QED) is 0.695. The third-order valence-electron chi connectivity index (χ3n) is 1.42. The summed E-state index contributed by atoms with van der Waals surface area (Å²) in [5.74, 6) is -0.247. The highest BCUT2D eigenvalue weighted by Crippen LogP contribution is 2.05. The normalized spacial score (nSPS) is 12.8. The molecule has 4 nitrogen and oxygen atoms in total. The summed E-state index contributed by atoms with van der Waals surface area (Å²) in [4.78, 5) is 17.2. The molecule has 1 unspecified atom stereocenters. The molecule has 0 fully saturated rings. The third kappa shape index (κ3) is 2.23. The average molecular weight is 189 g/mol. The monoisotopic (exact) mass is 188 g/mol. The van der Waals surface area contributed by atoms with Gasteiger partial charge in [0.2, 0.25) is 0 Å². The highest BCUT2D eigenvalue weighted by Gasteiger charge is 2.14. The molecule has 0 aliphatic rings. The van der Waals surface area contributed by atoms with Gasteiger partial charge in [-0.05, 0) is 6.92 Å². The van der Waals surface area contributed by atoms with E-state index in [9.17, 15) is 4.79 Å². The van der Waals surface area contributed by atoms with Gasteiger partial charge in [0.1, 0.15) is 11.2 Å². The van der Waals surface area contributed by atoms with E-state index in [1.54, 1.807) is 13.1 Å². The number of carbonyl (C=O) groups is 1. The van der Waals surface area contributed by atoms with Gasteiger partial charge in [-0.1, -0.05) is 0 Å². The van der Waals surface area contributed by atoms with Gasteiger partial charge in [-0.2, -0.15) is 0 Å². The van der Waals surface area contributed by atoms with E-state index >= 15 is 0 Å². The molecule has 0 saturated heterocycles. The molecule has 0 amide bonds. The molecular weight excluding hydrogens is 180 g/mol. The lowest BCUT2D eigenvalue weighted by Gasteiger charge is -1.99. The minimum atomic E-state index is -1.01. The maximum Gasteiger partial charge on any atom is 0.322 e. The predicted molar refractivity (Wildman–Crippen MR) is 44.3 cm³/mol. The maximum atomic E-state index is 10.3. The summed E-state index contributed by atoms with van der Waals surface area (Å²) in [6, 6.07) is 0. The number of alkyl halides is 1. The lowest BCUT2D eigenvalue weighted by Crippen LogP contribution is -2.16. The van der Waals surface area contributed by atoms with Crippen molar-refractivity contribution in [3.05, 3.63) is 17.7 Å². The molecule has 12 heavy (non-hydrogen) atoms. The van der Waals surface area contributed by atoms with Crippen molar-refractivity contribution >= 4 is 17.6 Å². The van der Waals surface area contributed by atoms with Crippen LogP contribution in [0.3, 0.4) is 0 Å². The second-order valence-electron chi connectivity index (χ2n) is 2.50. The number of aromatic amines is 1. The third-order valence-corrected chi connectivity index (χ3v) is 1.76. The van der Waals surface area contributed by atoms with Gasteiger partial charge in [0.25, 0.3) is 0 Å². The number of rotatable bonds is 3. The zero-order chi connectivity index (χ0) is 9.14. The van der Waals surface area contributed by atoms with Gasteiger partial charge in [0.15, 0.2) is 0 Å². The van der Waals surface area contributed by atoms with Crippen LogP contribution in [0.15, 0.2) is 6.20 Å². The Balaban J connectivity index is 2.58. The van der Waals surface area contributed by atoms with E-state index in [2.05, 4.69) is 9.97 Å². The van der Waals surface area contributed by atoms with Crippen molar-refractivity contribution < 1.29 is 9.90 Å². The molecule has 1 heterocycles. The number of aromatic nitrogens is 2. The van der Waals surface area contributed by atoms with Crippen LogP contribution in [0.4, 0.5) is 0 Å². The van der Waals surface area contributed by atoms with Crippen molar-refractivity contribution in [2.45, 2.75) is 18.7 Å². The van der Waals surface area contributed by atoms with Crippen LogP contribution in [0.1, 0.15) is 11.5 Å². The summed E-state index contributed by atoms with van der Waals surface area (Å²) in [7, 11) is 0. The molecule has 66 valence electrons. The number of carboxylic acid groups (broad SMARTS) is 1. The smallest absolute Gasteiger partial charge is 0.322 e. The number of imidazole rings is 1. The fourth-order valence-corrected chi connectivity index (χ4v) is 1.02. The van der Waals surface area contributed by atoms with Crippen molar-refractivity contribution in [3.63, 3.8) is 0 Å². The first kappa shape index (κ1) is 9.06. The number of aliphatic carboxylic acids is 1.